The summed E-state index contributed by atoms with van der Waals surface area (Å²) in [6, 6.07) is 5.64. The monoisotopic (exact) mass is 414 g/mol. The molecule has 2 aliphatic heterocycles. The summed E-state index contributed by atoms with van der Waals surface area (Å²) in [4.78, 5) is 29.3. The third kappa shape index (κ3) is 5.55. The van der Waals surface area contributed by atoms with E-state index in [2.05, 4.69) is 6.92 Å². The van der Waals surface area contributed by atoms with Gasteiger partial charge >= 0.3 is 0 Å². The fraction of sp³-hybridized carbons (Fsp3) is 0.583. The molecule has 0 spiro atoms. The molecular formula is C24H34N2O4. The van der Waals surface area contributed by atoms with E-state index >= 15 is 0 Å². The zero-order valence-electron chi connectivity index (χ0n) is 18.4. The number of ether oxygens (including phenoxy) is 2. The van der Waals surface area contributed by atoms with Gasteiger partial charge in [0.05, 0.1) is 7.11 Å². The van der Waals surface area contributed by atoms with Gasteiger partial charge in [-0.2, -0.15) is 0 Å². The smallest absolute Gasteiger partial charge is 0.260 e. The Balaban J connectivity index is 1.48. The normalized spacial score (nSPS) is 20.4. The molecule has 0 radical (unpaired) electrons. The van der Waals surface area contributed by atoms with E-state index in [1.54, 1.807) is 7.11 Å². The SMILES string of the molecule is C/C=C/c1ccc(OCC(=O)N2CCC(C(=O)N3CCCC(C)C3)CC2)c(OC)c1. The van der Waals surface area contributed by atoms with Crippen LogP contribution in [-0.4, -0.2) is 61.5 Å². The van der Waals surface area contributed by atoms with E-state index in [-0.39, 0.29) is 24.3 Å². The molecule has 6 heteroatoms. The van der Waals surface area contributed by atoms with Crippen LogP contribution in [0.4, 0.5) is 0 Å². The summed E-state index contributed by atoms with van der Waals surface area (Å²) >= 11 is 0. The van der Waals surface area contributed by atoms with Crippen molar-refractivity contribution < 1.29 is 19.1 Å². The Morgan fingerprint density at radius 3 is 2.53 bits per heavy atom. The van der Waals surface area contributed by atoms with Crippen LogP contribution in [0.15, 0.2) is 24.3 Å². The molecule has 1 atom stereocenters. The molecule has 2 amide bonds. The fourth-order valence-corrected chi connectivity index (χ4v) is 4.35. The van der Waals surface area contributed by atoms with Crippen molar-refractivity contribution in [1.29, 1.82) is 0 Å². The van der Waals surface area contributed by atoms with Gasteiger partial charge in [-0.1, -0.05) is 25.1 Å². The Morgan fingerprint density at radius 2 is 1.87 bits per heavy atom. The largest absolute Gasteiger partial charge is 0.493 e. The molecule has 1 aromatic carbocycles. The molecule has 0 N–H and O–H groups in total. The lowest BCUT2D eigenvalue weighted by Gasteiger charge is -2.37. The molecule has 1 aromatic rings. The number of carbonyl (C=O) groups is 2. The number of hydrogen-bond acceptors (Lipinski definition) is 4. The number of piperidine rings is 2. The second-order valence-corrected chi connectivity index (χ2v) is 8.39. The van der Waals surface area contributed by atoms with E-state index in [1.807, 2.05) is 47.1 Å². The van der Waals surface area contributed by atoms with Crippen molar-refractivity contribution in [2.24, 2.45) is 11.8 Å². The van der Waals surface area contributed by atoms with Crippen molar-refractivity contribution in [2.45, 2.75) is 39.5 Å². The maximum absolute atomic E-state index is 12.8. The number of benzene rings is 1. The fourth-order valence-electron chi connectivity index (χ4n) is 4.35. The summed E-state index contributed by atoms with van der Waals surface area (Å²) in [6.45, 7) is 7.12. The lowest BCUT2D eigenvalue weighted by Crippen LogP contribution is -2.47. The van der Waals surface area contributed by atoms with Crippen LogP contribution in [0.1, 0.15) is 45.1 Å². The molecule has 164 valence electrons. The highest BCUT2D eigenvalue weighted by atomic mass is 16.5. The maximum atomic E-state index is 12.8. The number of methoxy groups -OCH3 is 1. The number of rotatable bonds is 6. The predicted octanol–water partition coefficient (Wildman–Crippen LogP) is 3.60. The molecule has 6 nitrogen and oxygen atoms in total. The number of nitrogens with zero attached hydrogens (tertiary/aromatic N) is 2. The second-order valence-electron chi connectivity index (χ2n) is 8.39. The Bertz CT molecular complexity index is 768. The van der Waals surface area contributed by atoms with Crippen molar-refractivity contribution in [1.82, 2.24) is 9.80 Å². The zero-order chi connectivity index (χ0) is 21.5. The van der Waals surface area contributed by atoms with Gasteiger partial charge in [0.25, 0.3) is 5.91 Å². The van der Waals surface area contributed by atoms with Crippen LogP contribution in [0, 0.1) is 11.8 Å². The number of allylic oxidation sites excluding steroid dienone is 1. The average Bonchev–Trinajstić information content (AvgIpc) is 2.77. The van der Waals surface area contributed by atoms with Gasteiger partial charge in [-0.25, -0.2) is 0 Å². The van der Waals surface area contributed by atoms with Gasteiger partial charge in [-0.15, -0.1) is 0 Å². The molecule has 2 saturated heterocycles. The van der Waals surface area contributed by atoms with Gasteiger partial charge in [0.2, 0.25) is 5.91 Å². The molecule has 2 heterocycles. The van der Waals surface area contributed by atoms with Crippen LogP contribution in [-0.2, 0) is 9.59 Å². The first-order valence-corrected chi connectivity index (χ1v) is 11.0. The van der Waals surface area contributed by atoms with E-state index in [1.165, 1.54) is 6.42 Å². The molecule has 2 fully saturated rings. The number of hydrogen-bond donors (Lipinski definition) is 0. The average molecular weight is 415 g/mol. The Labute approximate surface area is 179 Å². The molecule has 0 aliphatic carbocycles. The summed E-state index contributed by atoms with van der Waals surface area (Å²) in [7, 11) is 1.59. The van der Waals surface area contributed by atoms with Gasteiger partial charge in [0.15, 0.2) is 18.1 Å². The number of carbonyl (C=O) groups excluding carboxylic acids is 2. The van der Waals surface area contributed by atoms with E-state index in [4.69, 9.17) is 9.47 Å². The van der Waals surface area contributed by atoms with Gasteiger partial charge < -0.3 is 19.3 Å². The van der Waals surface area contributed by atoms with Crippen molar-refractivity contribution in [3.63, 3.8) is 0 Å². The lowest BCUT2D eigenvalue weighted by atomic mass is 9.93. The molecule has 2 aliphatic rings. The van der Waals surface area contributed by atoms with E-state index in [0.29, 0.717) is 30.5 Å². The third-order valence-electron chi connectivity index (χ3n) is 6.06. The molecule has 0 aromatic heterocycles. The maximum Gasteiger partial charge on any atom is 0.260 e. The summed E-state index contributed by atoms with van der Waals surface area (Å²) in [5.41, 5.74) is 1.02. The Hall–Kier alpha value is -2.50. The standard InChI is InChI=1S/C24H34N2O4/c1-4-6-19-8-9-21(22(15-19)29-3)30-17-23(27)25-13-10-20(11-14-25)24(28)26-12-5-7-18(2)16-26/h4,6,8-9,15,18,20H,5,7,10-14,16-17H2,1-3H3/b6-4+. The minimum atomic E-state index is -0.0490. The predicted molar refractivity (Wildman–Crippen MR) is 117 cm³/mol. The minimum absolute atomic E-state index is 0.0262. The van der Waals surface area contributed by atoms with Crippen LogP contribution in [0.3, 0.4) is 0 Å². The van der Waals surface area contributed by atoms with Gasteiger partial charge in [0.1, 0.15) is 0 Å². The first-order chi connectivity index (χ1) is 14.5. The summed E-state index contributed by atoms with van der Waals surface area (Å²) in [5.74, 6) is 2.02. The first kappa shape index (κ1) is 22.2. The first-order valence-electron chi connectivity index (χ1n) is 11.0. The highest BCUT2D eigenvalue weighted by molar-refractivity contribution is 5.81. The lowest BCUT2D eigenvalue weighted by molar-refractivity contribution is -0.142. The highest BCUT2D eigenvalue weighted by Gasteiger charge is 2.31. The van der Waals surface area contributed by atoms with Crippen LogP contribution in [0.25, 0.3) is 6.08 Å². The molecular weight excluding hydrogens is 380 g/mol. The third-order valence-corrected chi connectivity index (χ3v) is 6.06. The topological polar surface area (TPSA) is 59.1 Å². The summed E-state index contributed by atoms with van der Waals surface area (Å²) in [5, 5.41) is 0. The van der Waals surface area contributed by atoms with Gasteiger partial charge in [-0.05, 0) is 56.2 Å². The van der Waals surface area contributed by atoms with Crippen LogP contribution in [0.5, 0.6) is 11.5 Å². The quantitative estimate of drug-likeness (QED) is 0.714. The van der Waals surface area contributed by atoms with Crippen LogP contribution >= 0.6 is 0 Å². The number of amides is 2. The molecule has 1 unspecified atom stereocenters. The van der Waals surface area contributed by atoms with Crippen LogP contribution < -0.4 is 9.47 Å². The highest BCUT2D eigenvalue weighted by Crippen LogP contribution is 2.29. The van der Waals surface area contributed by atoms with Crippen LogP contribution in [0.2, 0.25) is 0 Å². The van der Waals surface area contributed by atoms with Gasteiger partial charge in [0, 0.05) is 32.1 Å². The Morgan fingerprint density at radius 1 is 1.10 bits per heavy atom. The summed E-state index contributed by atoms with van der Waals surface area (Å²) in [6.07, 6.45) is 7.71. The number of likely N-dealkylation sites (tertiary alicyclic amines) is 2. The van der Waals surface area contributed by atoms with E-state index in [0.717, 1.165) is 37.9 Å². The second kappa shape index (κ2) is 10.5. The van der Waals surface area contributed by atoms with Crippen molar-refractivity contribution in [3.8, 4) is 11.5 Å². The molecule has 0 saturated carbocycles. The Kier molecular flexibility index (Phi) is 7.77. The van der Waals surface area contributed by atoms with Crippen molar-refractivity contribution in [2.75, 3.05) is 39.9 Å². The minimum Gasteiger partial charge on any atom is -0.493 e. The molecule has 3 rings (SSSR count). The zero-order valence-corrected chi connectivity index (χ0v) is 18.4. The summed E-state index contributed by atoms with van der Waals surface area (Å²) < 4.78 is 11.1. The molecule has 0 bridgehead atoms. The van der Waals surface area contributed by atoms with Crippen molar-refractivity contribution in [3.05, 3.63) is 29.8 Å². The van der Waals surface area contributed by atoms with Gasteiger partial charge in [-0.3, -0.25) is 9.59 Å². The van der Waals surface area contributed by atoms with E-state index < -0.39 is 0 Å². The van der Waals surface area contributed by atoms with Crippen molar-refractivity contribution >= 4 is 17.9 Å². The van der Waals surface area contributed by atoms with E-state index in [9.17, 15) is 9.59 Å². The molecule has 30 heavy (non-hydrogen) atoms.